The van der Waals surface area contributed by atoms with Crippen LogP contribution in [0.1, 0.15) is 19.3 Å². The third kappa shape index (κ3) is 3.94. The highest BCUT2D eigenvalue weighted by Gasteiger charge is 2.14. The molecule has 4 nitrogen and oxygen atoms in total. The number of thiophene rings is 1. The Morgan fingerprint density at radius 2 is 2.08 bits per heavy atom. The monoisotopic (exact) mass is 372 g/mol. The number of benzene rings is 1. The molecule has 1 saturated heterocycles. The maximum Gasteiger partial charge on any atom is 0.223 e. The summed E-state index contributed by atoms with van der Waals surface area (Å²) in [5, 5.41) is 8.59. The molecule has 3 heterocycles. The van der Waals surface area contributed by atoms with Crippen LogP contribution in [-0.2, 0) is 0 Å². The SMILES string of the molecule is Clc1cnc(NCCC2CCNCC2)nc1-c1cc2ccccc2s1. The Bertz CT molecular complexity index is 825. The van der Waals surface area contributed by atoms with Crippen LogP contribution in [0.15, 0.2) is 36.5 Å². The van der Waals surface area contributed by atoms with Crippen LogP contribution in [0.25, 0.3) is 20.7 Å². The summed E-state index contributed by atoms with van der Waals surface area (Å²) < 4.78 is 1.24. The summed E-state index contributed by atoms with van der Waals surface area (Å²) in [6, 6.07) is 10.5. The molecule has 0 saturated carbocycles. The van der Waals surface area contributed by atoms with Crippen molar-refractivity contribution in [3.05, 3.63) is 41.6 Å². The Labute approximate surface area is 156 Å². The molecule has 130 valence electrons. The van der Waals surface area contributed by atoms with Gasteiger partial charge in [-0.15, -0.1) is 11.3 Å². The number of nitrogens with one attached hydrogen (secondary N) is 2. The van der Waals surface area contributed by atoms with Crippen molar-refractivity contribution in [1.29, 1.82) is 0 Å². The molecule has 2 N–H and O–H groups in total. The van der Waals surface area contributed by atoms with Crippen LogP contribution in [0.3, 0.4) is 0 Å². The zero-order valence-corrected chi connectivity index (χ0v) is 15.5. The minimum atomic E-state index is 0.593. The van der Waals surface area contributed by atoms with Gasteiger partial charge in [-0.1, -0.05) is 29.8 Å². The van der Waals surface area contributed by atoms with Gasteiger partial charge in [0.25, 0.3) is 0 Å². The molecule has 1 aliphatic heterocycles. The summed E-state index contributed by atoms with van der Waals surface area (Å²) in [6.07, 6.45) is 5.37. The molecule has 1 aliphatic rings. The fraction of sp³-hybridized carbons (Fsp3) is 0.368. The molecule has 2 aromatic heterocycles. The van der Waals surface area contributed by atoms with Gasteiger partial charge in [0, 0.05) is 11.2 Å². The van der Waals surface area contributed by atoms with Crippen LogP contribution in [0, 0.1) is 5.92 Å². The second kappa shape index (κ2) is 7.68. The fourth-order valence-corrected chi connectivity index (χ4v) is 4.60. The van der Waals surface area contributed by atoms with Gasteiger partial charge in [-0.3, -0.25) is 0 Å². The summed E-state index contributed by atoms with van der Waals surface area (Å²) in [5.74, 6) is 1.45. The van der Waals surface area contributed by atoms with E-state index in [0.29, 0.717) is 11.0 Å². The first kappa shape index (κ1) is 16.8. The van der Waals surface area contributed by atoms with Crippen molar-refractivity contribution < 1.29 is 0 Å². The van der Waals surface area contributed by atoms with E-state index < -0.39 is 0 Å². The predicted octanol–water partition coefficient (Wildman–Crippen LogP) is 4.81. The number of piperidine rings is 1. The van der Waals surface area contributed by atoms with Gasteiger partial charge in [0.15, 0.2) is 0 Å². The minimum Gasteiger partial charge on any atom is -0.354 e. The Morgan fingerprint density at radius 1 is 1.24 bits per heavy atom. The van der Waals surface area contributed by atoms with E-state index in [9.17, 15) is 0 Å². The van der Waals surface area contributed by atoms with Gasteiger partial charge in [-0.2, -0.15) is 0 Å². The Kier molecular flexibility index (Phi) is 5.15. The van der Waals surface area contributed by atoms with Gasteiger partial charge in [0.05, 0.1) is 16.1 Å². The van der Waals surface area contributed by atoms with Crippen molar-refractivity contribution >= 4 is 39.0 Å². The molecule has 0 amide bonds. The molecule has 0 bridgehead atoms. The fourth-order valence-electron chi connectivity index (χ4n) is 3.28. The van der Waals surface area contributed by atoms with Gasteiger partial charge in [0.1, 0.15) is 5.69 Å². The molecule has 3 aromatic rings. The average Bonchev–Trinajstić information content (AvgIpc) is 3.08. The minimum absolute atomic E-state index is 0.593. The summed E-state index contributed by atoms with van der Waals surface area (Å²) in [4.78, 5) is 10.1. The second-order valence-corrected chi connectivity index (χ2v) is 7.94. The maximum atomic E-state index is 6.36. The average molecular weight is 373 g/mol. The third-order valence-corrected chi connectivity index (χ3v) is 6.10. The number of fused-ring (bicyclic) bond motifs is 1. The van der Waals surface area contributed by atoms with Crippen LogP contribution in [-0.4, -0.2) is 29.6 Å². The van der Waals surface area contributed by atoms with Crippen LogP contribution in [0.5, 0.6) is 0 Å². The topological polar surface area (TPSA) is 49.8 Å². The Hall–Kier alpha value is -1.69. The van der Waals surface area contributed by atoms with Crippen LogP contribution in [0.4, 0.5) is 5.95 Å². The van der Waals surface area contributed by atoms with Gasteiger partial charge in [-0.05, 0) is 55.8 Å². The van der Waals surface area contributed by atoms with Crippen LogP contribution in [0.2, 0.25) is 5.02 Å². The van der Waals surface area contributed by atoms with Gasteiger partial charge in [-0.25, -0.2) is 9.97 Å². The van der Waals surface area contributed by atoms with Gasteiger partial charge < -0.3 is 10.6 Å². The maximum absolute atomic E-state index is 6.36. The first-order valence-electron chi connectivity index (χ1n) is 8.76. The number of rotatable bonds is 5. The van der Waals surface area contributed by atoms with E-state index in [4.69, 9.17) is 11.6 Å². The zero-order valence-electron chi connectivity index (χ0n) is 14.0. The number of hydrogen-bond acceptors (Lipinski definition) is 5. The lowest BCUT2D eigenvalue weighted by Crippen LogP contribution is -2.28. The highest BCUT2D eigenvalue weighted by atomic mass is 35.5. The number of nitrogens with zero attached hydrogens (tertiary/aromatic N) is 2. The summed E-state index contributed by atoms with van der Waals surface area (Å²) in [6.45, 7) is 3.18. The molecule has 6 heteroatoms. The molecule has 1 aromatic carbocycles. The molecule has 0 aliphatic carbocycles. The van der Waals surface area contributed by atoms with E-state index in [1.165, 1.54) is 22.9 Å². The number of hydrogen-bond donors (Lipinski definition) is 2. The van der Waals surface area contributed by atoms with Crippen molar-refractivity contribution in [3.63, 3.8) is 0 Å². The van der Waals surface area contributed by atoms with E-state index in [1.54, 1.807) is 17.5 Å². The molecule has 0 atom stereocenters. The summed E-state index contributed by atoms with van der Waals surface area (Å²) >= 11 is 8.07. The lowest BCUT2D eigenvalue weighted by molar-refractivity contribution is 0.361. The van der Waals surface area contributed by atoms with Gasteiger partial charge in [0.2, 0.25) is 5.95 Å². The summed E-state index contributed by atoms with van der Waals surface area (Å²) in [5.41, 5.74) is 0.808. The van der Waals surface area contributed by atoms with E-state index >= 15 is 0 Å². The molecule has 0 unspecified atom stereocenters. The third-order valence-electron chi connectivity index (χ3n) is 4.70. The number of halogens is 1. The van der Waals surface area contributed by atoms with Crippen molar-refractivity contribution in [2.45, 2.75) is 19.3 Å². The van der Waals surface area contributed by atoms with E-state index in [1.807, 2.05) is 6.07 Å². The molecular weight excluding hydrogens is 352 g/mol. The lowest BCUT2D eigenvalue weighted by Gasteiger charge is -2.22. The molecule has 25 heavy (non-hydrogen) atoms. The quantitative estimate of drug-likeness (QED) is 0.674. The first-order valence-corrected chi connectivity index (χ1v) is 9.95. The lowest BCUT2D eigenvalue weighted by atomic mass is 9.95. The largest absolute Gasteiger partial charge is 0.354 e. The number of anilines is 1. The van der Waals surface area contributed by atoms with Crippen LogP contribution >= 0.6 is 22.9 Å². The normalized spacial score (nSPS) is 15.6. The highest BCUT2D eigenvalue weighted by molar-refractivity contribution is 7.22. The summed E-state index contributed by atoms with van der Waals surface area (Å²) in [7, 11) is 0. The standard InChI is InChI=1S/C19H21ClN4S/c20-15-12-23-19(22-10-7-13-5-8-21-9-6-13)24-18(15)17-11-14-3-1-2-4-16(14)25-17/h1-4,11-13,21H,5-10H2,(H,22,23,24). The predicted molar refractivity (Wildman–Crippen MR) is 107 cm³/mol. The van der Waals surface area contributed by atoms with Crippen molar-refractivity contribution in [1.82, 2.24) is 15.3 Å². The molecular formula is C19H21ClN4S. The zero-order chi connectivity index (χ0) is 17.1. The smallest absolute Gasteiger partial charge is 0.223 e. The van der Waals surface area contributed by atoms with E-state index in [-0.39, 0.29) is 0 Å². The van der Waals surface area contributed by atoms with Crippen molar-refractivity contribution in [3.8, 4) is 10.6 Å². The molecule has 0 radical (unpaired) electrons. The molecule has 1 fully saturated rings. The van der Waals surface area contributed by atoms with Crippen molar-refractivity contribution in [2.75, 3.05) is 25.0 Å². The Balaban J connectivity index is 1.48. The first-order chi connectivity index (χ1) is 12.3. The molecule has 4 rings (SSSR count). The van der Waals surface area contributed by atoms with Crippen LogP contribution < -0.4 is 10.6 Å². The number of aromatic nitrogens is 2. The van der Waals surface area contributed by atoms with Crippen molar-refractivity contribution in [2.24, 2.45) is 5.92 Å². The second-order valence-electron chi connectivity index (χ2n) is 6.45. The van der Waals surface area contributed by atoms with E-state index in [2.05, 4.69) is 44.9 Å². The van der Waals surface area contributed by atoms with E-state index in [0.717, 1.165) is 42.5 Å². The molecule has 0 spiro atoms. The Morgan fingerprint density at radius 3 is 2.92 bits per heavy atom. The highest BCUT2D eigenvalue weighted by Crippen LogP contribution is 2.35. The van der Waals surface area contributed by atoms with Gasteiger partial charge >= 0.3 is 0 Å².